The number of benzene rings is 2. The van der Waals surface area contributed by atoms with Crippen LogP contribution in [0.4, 0.5) is 15.8 Å². The number of amides is 2. The Morgan fingerprint density at radius 1 is 1.12 bits per heavy atom. The van der Waals surface area contributed by atoms with E-state index in [1.54, 1.807) is 17.0 Å². The van der Waals surface area contributed by atoms with Gasteiger partial charge >= 0.3 is 0 Å². The molecule has 0 bridgehead atoms. The zero-order valence-electron chi connectivity index (χ0n) is 14.6. The first-order chi connectivity index (χ1) is 11.8. The zero-order chi connectivity index (χ0) is 18.1. The standard InChI is InChI=1S/C20H21FN2O2/c1-12-4-7-17(21)18(8-12)22-20(25)15-10-19(24)23(11-15)16-6-5-13(2)14(3)9-16/h4-9,15H,10-11H2,1-3H3,(H,22,25). The molecule has 1 aliphatic rings. The topological polar surface area (TPSA) is 49.4 Å². The number of hydrogen-bond donors (Lipinski definition) is 1. The van der Waals surface area contributed by atoms with Gasteiger partial charge in [-0.3, -0.25) is 9.59 Å². The number of hydrogen-bond acceptors (Lipinski definition) is 2. The summed E-state index contributed by atoms with van der Waals surface area (Å²) in [6, 6.07) is 10.4. The van der Waals surface area contributed by atoms with E-state index in [-0.39, 0.29) is 23.9 Å². The molecule has 1 heterocycles. The summed E-state index contributed by atoms with van der Waals surface area (Å²) in [4.78, 5) is 26.4. The predicted octanol–water partition coefficient (Wildman–Crippen LogP) is 3.74. The first-order valence-electron chi connectivity index (χ1n) is 8.30. The smallest absolute Gasteiger partial charge is 0.229 e. The normalized spacial score (nSPS) is 17.0. The molecule has 1 atom stereocenters. The highest BCUT2D eigenvalue weighted by Gasteiger charge is 2.35. The fourth-order valence-corrected chi connectivity index (χ4v) is 3.00. The fraction of sp³-hybridized carbons (Fsp3) is 0.300. The summed E-state index contributed by atoms with van der Waals surface area (Å²) in [7, 11) is 0. The van der Waals surface area contributed by atoms with Crippen LogP contribution in [-0.2, 0) is 9.59 Å². The van der Waals surface area contributed by atoms with Crippen LogP contribution in [0.1, 0.15) is 23.1 Å². The molecule has 1 N–H and O–H groups in total. The van der Waals surface area contributed by atoms with Crippen LogP contribution in [0.3, 0.4) is 0 Å². The summed E-state index contributed by atoms with van der Waals surface area (Å²) in [5, 5.41) is 2.61. The molecule has 5 heteroatoms. The van der Waals surface area contributed by atoms with Gasteiger partial charge in [-0.2, -0.15) is 0 Å². The Kier molecular flexibility index (Phi) is 4.57. The van der Waals surface area contributed by atoms with Gasteiger partial charge in [0.1, 0.15) is 5.82 Å². The molecule has 2 aromatic rings. The van der Waals surface area contributed by atoms with Crippen LogP contribution in [0, 0.1) is 32.5 Å². The van der Waals surface area contributed by atoms with Crippen molar-refractivity contribution in [2.24, 2.45) is 5.92 Å². The first kappa shape index (κ1) is 17.1. The highest BCUT2D eigenvalue weighted by Crippen LogP contribution is 2.28. The van der Waals surface area contributed by atoms with Gasteiger partial charge in [0.05, 0.1) is 11.6 Å². The van der Waals surface area contributed by atoms with Gasteiger partial charge in [0.15, 0.2) is 0 Å². The van der Waals surface area contributed by atoms with E-state index in [2.05, 4.69) is 5.32 Å². The number of anilines is 2. The van der Waals surface area contributed by atoms with Gasteiger partial charge in [-0.15, -0.1) is 0 Å². The van der Waals surface area contributed by atoms with E-state index >= 15 is 0 Å². The molecule has 2 amide bonds. The fourth-order valence-electron chi connectivity index (χ4n) is 3.00. The molecular weight excluding hydrogens is 319 g/mol. The Balaban J connectivity index is 1.74. The lowest BCUT2D eigenvalue weighted by Crippen LogP contribution is -2.28. The maximum Gasteiger partial charge on any atom is 0.229 e. The lowest BCUT2D eigenvalue weighted by Gasteiger charge is -2.18. The van der Waals surface area contributed by atoms with Crippen LogP contribution in [-0.4, -0.2) is 18.4 Å². The Bertz CT molecular complexity index is 848. The first-order valence-corrected chi connectivity index (χ1v) is 8.30. The monoisotopic (exact) mass is 340 g/mol. The summed E-state index contributed by atoms with van der Waals surface area (Å²) in [6.07, 6.45) is 0.131. The molecule has 4 nitrogen and oxygen atoms in total. The lowest BCUT2D eigenvalue weighted by molar-refractivity contribution is -0.122. The van der Waals surface area contributed by atoms with Crippen LogP contribution in [0.15, 0.2) is 36.4 Å². The van der Waals surface area contributed by atoms with E-state index in [0.717, 1.165) is 22.4 Å². The number of aryl methyl sites for hydroxylation is 3. The quantitative estimate of drug-likeness (QED) is 0.925. The Morgan fingerprint density at radius 3 is 2.60 bits per heavy atom. The highest BCUT2D eigenvalue weighted by molar-refractivity contribution is 6.03. The van der Waals surface area contributed by atoms with Crippen molar-refractivity contribution in [1.82, 2.24) is 0 Å². The van der Waals surface area contributed by atoms with Gasteiger partial charge in [0, 0.05) is 18.7 Å². The number of carbonyl (C=O) groups excluding carboxylic acids is 2. The summed E-state index contributed by atoms with van der Waals surface area (Å²) >= 11 is 0. The minimum Gasteiger partial charge on any atom is -0.323 e. The van der Waals surface area contributed by atoms with E-state index in [9.17, 15) is 14.0 Å². The molecular formula is C20H21FN2O2. The summed E-state index contributed by atoms with van der Waals surface area (Å²) in [6.45, 7) is 6.14. The van der Waals surface area contributed by atoms with Crippen molar-refractivity contribution >= 4 is 23.2 Å². The summed E-state index contributed by atoms with van der Waals surface area (Å²) in [5.74, 6) is -1.39. The molecule has 1 unspecified atom stereocenters. The van der Waals surface area contributed by atoms with Crippen molar-refractivity contribution in [2.45, 2.75) is 27.2 Å². The van der Waals surface area contributed by atoms with Gasteiger partial charge in [0.2, 0.25) is 11.8 Å². The molecule has 0 radical (unpaired) electrons. The Morgan fingerprint density at radius 2 is 1.88 bits per heavy atom. The van der Waals surface area contributed by atoms with E-state index < -0.39 is 11.7 Å². The van der Waals surface area contributed by atoms with Crippen LogP contribution in [0.2, 0.25) is 0 Å². The highest BCUT2D eigenvalue weighted by atomic mass is 19.1. The molecule has 2 aromatic carbocycles. The minimum absolute atomic E-state index is 0.0897. The van der Waals surface area contributed by atoms with Crippen LogP contribution in [0.25, 0.3) is 0 Å². The van der Waals surface area contributed by atoms with Crippen molar-refractivity contribution in [2.75, 3.05) is 16.8 Å². The third-order valence-electron chi connectivity index (χ3n) is 4.68. The average Bonchev–Trinajstić information content (AvgIpc) is 2.95. The van der Waals surface area contributed by atoms with E-state index in [4.69, 9.17) is 0 Å². The van der Waals surface area contributed by atoms with E-state index in [1.165, 1.54) is 6.07 Å². The molecule has 25 heavy (non-hydrogen) atoms. The van der Waals surface area contributed by atoms with Crippen molar-refractivity contribution in [3.05, 3.63) is 58.9 Å². The molecule has 1 saturated heterocycles. The molecule has 1 fully saturated rings. The largest absolute Gasteiger partial charge is 0.323 e. The van der Waals surface area contributed by atoms with Crippen LogP contribution in [0.5, 0.6) is 0 Å². The van der Waals surface area contributed by atoms with Crippen LogP contribution < -0.4 is 10.2 Å². The Hall–Kier alpha value is -2.69. The third kappa shape index (κ3) is 3.55. The average molecular weight is 340 g/mol. The van der Waals surface area contributed by atoms with Gasteiger partial charge in [-0.25, -0.2) is 4.39 Å². The van der Waals surface area contributed by atoms with Gasteiger partial charge < -0.3 is 10.2 Å². The lowest BCUT2D eigenvalue weighted by atomic mass is 10.1. The van der Waals surface area contributed by atoms with Crippen molar-refractivity contribution in [3.63, 3.8) is 0 Å². The van der Waals surface area contributed by atoms with E-state index in [0.29, 0.717) is 6.54 Å². The molecule has 0 aliphatic carbocycles. The van der Waals surface area contributed by atoms with E-state index in [1.807, 2.05) is 39.0 Å². The minimum atomic E-state index is -0.492. The third-order valence-corrected chi connectivity index (χ3v) is 4.68. The molecule has 130 valence electrons. The van der Waals surface area contributed by atoms with Crippen molar-refractivity contribution in [3.8, 4) is 0 Å². The second kappa shape index (κ2) is 6.67. The Labute approximate surface area is 146 Å². The maximum absolute atomic E-state index is 13.8. The molecule has 3 rings (SSSR count). The van der Waals surface area contributed by atoms with Gasteiger partial charge in [0.25, 0.3) is 0 Å². The number of carbonyl (C=O) groups is 2. The second-order valence-electron chi connectivity index (χ2n) is 6.65. The van der Waals surface area contributed by atoms with Gasteiger partial charge in [-0.05, 0) is 61.7 Å². The zero-order valence-corrected chi connectivity index (χ0v) is 14.6. The predicted molar refractivity (Wildman–Crippen MR) is 96.1 cm³/mol. The second-order valence-corrected chi connectivity index (χ2v) is 6.65. The number of rotatable bonds is 3. The summed E-state index contributed by atoms with van der Waals surface area (Å²) < 4.78 is 13.8. The molecule has 0 aromatic heterocycles. The van der Waals surface area contributed by atoms with Crippen molar-refractivity contribution in [1.29, 1.82) is 0 Å². The maximum atomic E-state index is 13.8. The van der Waals surface area contributed by atoms with Gasteiger partial charge in [-0.1, -0.05) is 12.1 Å². The summed E-state index contributed by atoms with van der Waals surface area (Å²) in [5.41, 5.74) is 4.06. The number of nitrogens with one attached hydrogen (secondary N) is 1. The molecule has 0 saturated carbocycles. The van der Waals surface area contributed by atoms with Crippen molar-refractivity contribution < 1.29 is 14.0 Å². The molecule has 1 aliphatic heterocycles. The SMILES string of the molecule is Cc1ccc(F)c(NC(=O)C2CC(=O)N(c3ccc(C)c(C)c3)C2)c1. The van der Waals surface area contributed by atoms with Crippen LogP contribution >= 0.6 is 0 Å². The molecule has 0 spiro atoms. The number of nitrogens with zero attached hydrogens (tertiary/aromatic N) is 1. The number of halogens is 1.